The summed E-state index contributed by atoms with van der Waals surface area (Å²) in [4.78, 5) is 3.94. The summed E-state index contributed by atoms with van der Waals surface area (Å²) in [5, 5.41) is 8.81. The molecule has 0 saturated carbocycles. The van der Waals surface area contributed by atoms with Crippen LogP contribution in [0.2, 0.25) is 0 Å². The van der Waals surface area contributed by atoms with E-state index in [-0.39, 0.29) is 18.1 Å². The Morgan fingerprint density at radius 3 is 2.81 bits per heavy atom. The van der Waals surface area contributed by atoms with Gasteiger partial charge in [0.2, 0.25) is 5.89 Å². The number of aromatic nitrogens is 1. The van der Waals surface area contributed by atoms with Crippen LogP contribution in [0, 0.1) is 0 Å². The summed E-state index contributed by atoms with van der Waals surface area (Å²) in [7, 11) is 0. The molecule has 0 aliphatic rings. The quantitative estimate of drug-likeness (QED) is 0.839. The number of hydrogen-bond donors (Lipinski definition) is 2. The molecule has 0 aliphatic carbocycles. The van der Waals surface area contributed by atoms with Gasteiger partial charge in [-0.25, -0.2) is 13.8 Å². The Balaban J connectivity index is 2.46. The Labute approximate surface area is 89.7 Å². The maximum atomic E-state index is 12.4. The Hall–Kier alpha value is -1.53. The molecule has 0 radical (unpaired) electrons. The van der Waals surface area contributed by atoms with Crippen molar-refractivity contribution in [2.45, 2.75) is 12.5 Å². The van der Waals surface area contributed by atoms with Crippen LogP contribution in [0.15, 0.2) is 22.6 Å². The van der Waals surface area contributed by atoms with Crippen LogP contribution in [0.1, 0.15) is 23.9 Å². The second kappa shape index (κ2) is 4.15. The molecule has 2 aromatic rings. The zero-order valence-electron chi connectivity index (χ0n) is 8.23. The van der Waals surface area contributed by atoms with Crippen molar-refractivity contribution in [2.24, 2.45) is 5.73 Å². The van der Waals surface area contributed by atoms with Gasteiger partial charge in [0.05, 0.1) is 6.61 Å². The Kier molecular flexibility index (Phi) is 2.84. The molecule has 1 unspecified atom stereocenters. The largest absolute Gasteiger partial charge is 0.439 e. The summed E-state index contributed by atoms with van der Waals surface area (Å²) in [6, 6.07) is 3.20. The highest BCUT2D eigenvalue weighted by Crippen LogP contribution is 2.25. The van der Waals surface area contributed by atoms with Crippen LogP contribution in [0.4, 0.5) is 8.78 Å². The molecule has 1 atom stereocenters. The first-order valence-electron chi connectivity index (χ1n) is 4.67. The molecule has 0 fully saturated rings. The van der Waals surface area contributed by atoms with Crippen LogP contribution in [-0.2, 0) is 0 Å². The Bertz CT molecular complexity index is 499. The maximum Gasteiger partial charge on any atom is 0.263 e. The number of aliphatic hydroxyl groups excluding tert-OH is 1. The minimum Gasteiger partial charge on any atom is -0.439 e. The average Bonchev–Trinajstić information content (AvgIpc) is 2.70. The fraction of sp³-hybridized carbons (Fsp3) is 0.300. The number of aliphatic hydroxyl groups is 1. The van der Waals surface area contributed by atoms with Crippen molar-refractivity contribution in [3.63, 3.8) is 0 Å². The lowest BCUT2D eigenvalue weighted by molar-refractivity contribution is 0.151. The standard InChI is InChI=1S/C10H10F2N2O2/c11-9(12)5-1-2-8-7(3-5)14-10(16-8)6(13)4-15/h1-3,6,9,15H,4,13H2. The molecule has 86 valence electrons. The minimum atomic E-state index is -2.55. The molecule has 0 saturated heterocycles. The van der Waals surface area contributed by atoms with Crippen LogP contribution in [0.25, 0.3) is 11.1 Å². The van der Waals surface area contributed by atoms with E-state index in [1.54, 1.807) is 0 Å². The lowest BCUT2D eigenvalue weighted by atomic mass is 10.2. The van der Waals surface area contributed by atoms with Gasteiger partial charge in [-0.1, -0.05) is 0 Å². The van der Waals surface area contributed by atoms with Crippen molar-refractivity contribution in [3.05, 3.63) is 29.7 Å². The summed E-state index contributed by atoms with van der Waals surface area (Å²) in [5.74, 6) is 0.143. The number of nitrogens with zero attached hydrogens (tertiary/aromatic N) is 1. The third kappa shape index (κ3) is 1.89. The van der Waals surface area contributed by atoms with E-state index in [0.29, 0.717) is 11.1 Å². The predicted octanol–water partition coefficient (Wildman–Crippen LogP) is 1.76. The Morgan fingerprint density at radius 1 is 1.44 bits per heavy atom. The Morgan fingerprint density at radius 2 is 2.19 bits per heavy atom. The SMILES string of the molecule is NC(CO)c1nc2cc(C(F)F)ccc2o1. The van der Waals surface area contributed by atoms with Crippen molar-refractivity contribution >= 4 is 11.1 Å². The molecule has 0 aliphatic heterocycles. The highest BCUT2D eigenvalue weighted by molar-refractivity contribution is 5.73. The lowest BCUT2D eigenvalue weighted by Crippen LogP contribution is -2.14. The van der Waals surface area contributed by atoms with Crippen LogP contribution in [0.5, 0.6) is 0 Å². The highest BCUT2D eigenvalue weighted by atomic mass is 19.3. The van der Waals surface area contributed by atoms with Gasteiger partial charge in [0, 0.05) is 5.56 Å². The number of benzene rings is 1. The monoisotopic (exact) mass is 228 g/mol. The van der Waals surface area contributed by atoms with Crippen molar-refractivity contribution < 1.29 is 18.3 Å². The molecule has 16 heavy (non-hydrogen) atoms. The summed E-state index contributed by atoms with van der Waals surface area (Å²) in [6.45, 7) is -0.311. The molecule has 3 N–H and O–H groups in total. The topological polar surface area (TPSA) is 72.3 Å². The third-order valence-electron chi connectivity index (χ3n) is 2.19. The number of halogens is 2. The first-order valence-corrected chi connectivity index (χ1v) is 4.67. The van der Waals surface area contributed by atoms with Gasteiger partial charge in [0.25, 0.3) is 6.43 Å². The molecule has 1 aromatic heterocycles. The molecular weight excluding hydrogens is 218 g/mol. The summed E-state index contributed by atoms with van der Waals surface area (Å²) >= 11 is 0. The van der Waals surface area contributed by atoms with E-state index >= 15 is 0 Å². The van der Waals surface area contributed by atoms with Crippen LogP contribution < -0.4 is 5.73 Å². The highest BCUT2D eigenvalue weighted by Gasteiger charge is 2.15. The van der Waals surface area contributed by atoms with E-state index in [1.807, 2.05) is 0 Å². The number of oxazole rings is 1. The molecule has 1 heterocycles. The molecule has 2 rings (SSSR count). The maximum absolute atomic E-state index is 12.4. The lowest BCUT2D eigenvalue weighted by Gasteiger charge is -1.99. The number of nitrogens with two attached hydrogens (primary N) is 1. The second-order valence-corrected chi connectivity index (χ2v) is 3.37. The van der Waals surface area contributed by atoms with Crippen molar-refractivity contribution in [3.8, 4) is 0 Å². The first kappa shape index (κ1) is 11.0. The van der Waals surface area contributed by atoms with E-state index in [2.05, 4.69) is 4.98 Å². The van der Waals surface area contributed by atoms with Gasteiger partial charge >= 0.3 is 0 Å². The van der Waals surface area contributed by atoms with E-state index in [0.717, 1.165) is 0 Å². The van der Waals surface area contributed by atoms with Crippen molar-refractivity contribution in [1.29, 1.82) is 0 Å². The van der Waals surface area contributed by atoms with Crippen molar-refractivity contribution in [2.75, 3.05) is 6.61 Å². The van der Waals surface area contributed by atoms with E-state index in [1.165, 1.54) is 18.2 Å². The van der Waals surface area contributed by atoms with Gasteiger partial charge in [0.15, 0.2) is 5.58 Å². The molecule has 4 nitrogen and oxygen atoms in total. The number of hydrogen-bond acceptors (Lipinski definition) is 4. The van der Waals surface area contributed by atoms with Gasteiger partial charge in [-0.3, -0.25) is 0 Å². The molecule has 6 heteroatoms. The van der Waals surface area contributed by atoms with Gasteiger partial charge in [0.1, 0.15) is 11.6 Å². The fourth-order valence-electron chi connectivity index (χ4n) is 1.33. The molecule has 0 bridgehead atoms. The van der Waals surface area contributed by atoms with Gasteiger partial charge in [-0.15, -0.1) is 0 Å². The van der Waals surface area contributed by atoms with E-state index < -0.39 is 12.5 Å². The molecular formula is C10H10F2N2O2. The van der Waals surface area contributed by atoms with Crippen LogP contribution in [0.3, 0.4) is 0 Å². The summed E-state index contributed by atoms with van der Waals surface area (Å²) in [6.07, 6.45) is -2.55. The van der Waals surface area contributed by atoms with Crippen LogP contribution in [-0.4, -0.2) is 16.7 Å². The number of alkyl halides is 2. The second-order valence-electron chi connectivity index (χ2n) is 3.37. The third-order valence-corrected chi connectivity index (χ3v) is 2.19. The predicted molar refractivity (Wildman–Crippen MR) is 53.0 cm³/mol. The zero-order valence-corrected chi connectivity index (χ0v) is 8.23. The summed E-state index contributed by atoms with van der Waals surface area (Å²) in [5.41, 5.74) is 6.08. The van der Waals surface area contributed by atoms with Gasteiger partial charge in [-0.05, 0) is 18.2 Å². The minimum absolute atomic E-state index is 0.120. The first-order chi connectivity index (χ1) is 7.61. The molecule has 0 spiro atoms. The van der Waals surface area contributed by atoms with E-state index in [4.69, 9.17) is 15.3 Å². The van der Waals surface area contributed by atoms with Crippen LogP contribution >= 0.6 is 0 Å². The average molecular weight is 228 g/mol. The smallest absolute Gasteiger partial charge is 0.263 e. The zero-order chi connectivity index (χ0) is 11.7. The number of rotatable bonds is 3. The van der Waals surface area contributed by atoms with Gasteiger partial charge < -0.3 is 15.3 Å². The summed E-state index contributed by atoms with van der Waals surface area (Å²) < 4.78 is 30.0. The fourth-order valence-corrected chi connectivity index (χ4v) is 1.33. The molecule has 0 amide bonds. The normalized spacial score (nSPS) is 13.6. The van der Waals surface area contributed by atoms with E-state index in [9.17, 15) is 8.78 Å². The number of fused-ring (bicyclic) bond motifs is 1. The van der Waals surface area contributed by atoms with Crippen molar-refractivity contribution in [1.82, 2.24) is 4.98 Å². The molecule has 1 aromatic carbocycles. The van der Waals surface area contributed by atoms with Gasteiger partial charge in [-0.2, -0.15) is 0 Å².